The number of unbranched alkanes of at least 4 members (excludes halogenated alkanes) is 1. The maximum atomic E-state index is 11.8. The molecule has 1 amide bonds. The van der Waals surface area contributed by atoms with Crippen LogP contribution in [0, 0.1) is 18.3 Å². The Morgan fingerprint density at radius 1 is 1.59 bits per heavy atom. The summed E-state index contributed by atoms with van der Waals surface area (Å²) >= 11 is 0. The van der Waals surface area contributed by atoms with Crippen LogP contribution in [0.15, 0.2) is 0 Å². The monoisotopic (exact) mass is 237 g/mol. The highest BCUT2D eigenvalue weighted by molar-refractivity contribution is 5.78. The number of amides is 1. The average molecular weight is 237 g/mol. The van der Waals surface area contributed by atoms with E-state index in [1.807, 2.05) is 0 Å². The van der Waals surface area contributed by atoms with Crippen LogP contribution in [0.25, 0.3) is 0 Å². The Balaban J connectivity index is 2.28. The zero-order valence-electron chi connectivity index (χ0n) is 10.5. The molecule has 0 aromatic carbocycles. The number of nitrogens with two attached hydrogens (primary N) is 1. The molecule has 1 heterocycles. The predicted octanol–water partition coefficient (Wildman–Crippen LogP) is 0.187. The van der Waals surface area contributed by atoms with Crippen LogP contribution in [0.5, 0.6) is 0 Å². The van der Waals surface area contributed by atoms with E-state index in [0.717, 1.165) is 45.3 Å². The summed E-state index contributed by atoms with van der Waals surface area (Å²) in [6.45, 7) is 4.04. The van der Waals surface area contributed by atoms with Crippen LogP contribution in [-0.4, -0.2) is 43.5 Å². The summed E-state index contributed by atoms with van der Waals surface area (Å²) in [7, 11) is 0. The maximum Gasteiger partial charge on any atom is 0.224 e. The second-order valence-electron chi connectivity index (χ2n) is 4.53. The molecule has 1 rings (SSSR count). The number of hydrogen-bond donors (Lipinski definition) is 2. The Kier molecular flexibility index (Phi) is 6.68. The van der Waals surface area contributed by atoms with Crippen molar-refractivity contribution in [3.8, 4) is 12.3 Å². The van der Waals surface area contributed by atoms with Gasteiger partial charge in [0.2, 0.25) is 5.91 Å². The first kappa shape index (κ1) is 14.0. The summed E-state index contributed by atoms with van der Waals surface area (Å²) in [4.78, 5) is 14.1. The molecule has 96 valence electrons. The van der Waals surface area contributed by atoms with E-state index in [2.05, 4.69) is 16.1 Å². The van der Waals surface area contributed by atoms with Crippen molar-refractivity contribution in [1.29, 1.82) is 0 Å². The van der Waals surface area contributed by atoms with Gasteiger partial charge in [-0.25, -0.2) is 0 Å². The van der Waals surface area contributed by atoms with Gasteiger partial charge in [-0.15, -0.1) is 12.3 Å². The average Bonchev–Trinajstić information content (AvgIpc) is 2.36. The molecule has 17 heavy (non-hydrogen) atoms. The summed E-state index contributed by atoms with van der Waals surface area (Å²) in [6, 6.07) is 0. The quantitative estimate of drug-likeness (QED) is 0.512. The first-order chi connectivity index (χ1) is 8.27. The molecule has 0 saturated carbocycles. The normalized spacial score (nSPS) is 20.8. The van der Waals surface area contributed by atoms with Crippen molar-refractivity contribution in [2.75, 3.05) is 32.7 Å². The third-order valence-electron chi connectivity index (χ3n) is 3.12. The Labute approximate surface area is 104 Å². The fraction of sp³-hybridized carbons (Fsp3) is 0.769. The second kappa shape index (κ2) is 8.10. The van der Waals surface area contributed by atoms with Crippen LogP contribution < -0.4 is 11.1 Å². The third-order valence-corrected chi connectivity index (χ3v) is 3.12. The Bertz CT molecular complexity index is 272. The second-order valence-corrected chi connectivity index (χ2v) is 4.53. The highest BCUT2D eigenvalue weighted by Gasteiger charge is 2.24. The van der Waals surface area contributed by atoms with Crippen LogP contribution in [0.2, 0.25) is 0 Å². The van der Waals surface area contributed by atoms with Crippen LogP contribution in [0.1, 0.15) is 25.7 Å². The van der Waals surface area contributed by atoms with E-state index >= 15 is 0 Å². The lowest BCUT2D eigenvalue weighted by atomic mass is 9.97. The minimum Gasteiger partial charge on any atom is -0.355 e. The highest BCUT2D eigenvalue weighted by Crippen LogP contribution is 2.16. The molecule has 1 aliphatic heterocycles. The number of hydrogen-bond acceptors (Lipinski definition) is 3. The number of carbonyl (C=O) groups excluding carboxylic acids is 1. The number of likely N-dealkylation sites (tertiary alicyclic amines) is 1. The molecule has 0 bridgehead atoms. The number of terminal acetylenes is 1. The molecule has 0 aromatic heterocycles. The van der Waals surface area contributed by atoms with Crippen molar-refractivity contribution in [3.05, 3.63) is 0 Å². The van der Waals surface area contributed by atoms with Crippen molar-refractivity contribution < 1.29 is 4.79 Å². The molecule has 0 radical (unpaired) electrons. The number of piperidine rings is 1. The highest BCUT2D eigenvalue weighted by atomic mass is 16.1. The SMILES string of the molecule is C#CCCCN1CCCC(C(=O)NCCN)C1. The van der Waals surface area contributed by atoms with Gasteiger partial charge in [0.25, 0.3) is 0 Å². The summed E-state index contributed by atoms with van der Waals surface area (Å²) in [5.74, 6) is 2.93. The van der Waals surface area contributed by atoms with E-state index < -0.39 is 0 Å². The largest absolute Gasteiger partial charge is 0.355 e. The van der Waals surface area contributed by atoms with Crippen molar-refractivity contribution in [2.45, 2.75) is 25.7 Å². The van der Waals surface area contributed by atoms with Gasteiger partial charge in [-0.2, -0.15) is 0 Å². The lowest BCUT2D eigenvalue weighted by molar-refractivity contribution is -0.126. The van der Waals surface area contributed by atoms with E-state index in [1.54, 1.807) is 0 Å². The zero-order valence-corrected chi connectivity index (χ0v) is 10.5. The molecular weight excluding hydrogens is 214 g/mol. The molecule has 0 aliphatic carbocycles. The molecule has 1 atom stereocenters. The first-order valence-electron chi connectivity index (χ1n) is 6.41. The molecule has 0 spiro atoms. The molecule has 4 nitrogen and oxygen atoms in total. The number of carbonyl (C=O) groups is 1. The fourth-order valence-corrected chi connectivity index (χ4v) is 2.22. The molecule has 1 aliphatic rings. The molecule has 3 N–H and O–H groups in total. The Morgan fingerprint density at radius 3 is 3.12 bits per heavy atom. The molecular formula is C13H23N3O. The van der Waals surface area contributed by atoms with Gasteiger partial charge in [0, 0.05) is 26.1 Å². The predicted molar refractivity (Wildman–Crippen MR) is 69.3 cm³/mol. The van der Waals surface area contributed by atoms with Gasteiger partial charge in [0.15, 0.2) is 0 Å². The van der Waals surface area contributed by atoms with Crippen LogP contribution >= 0.6 is 0 Å². The molecule has 0 aromatic rings. The number of nitrogens with zero attached hydrogens (tertiary/aromatic N) is 1. The lowest BCUT2D eigenvalue weighted by Crippen LogP contribution is -2.44. The van der Waals surface area contributed by atoms with Crippen molar-refractivity contribution >= 4 is 5.91 Å². The summed E-state index contributed by atoms with van der Waals surface area (Å²) in [6.07, 6.45) is 9.15. The Morgan fingerprint density at radius 2 is 2.41 bits per heavy atom. The zero-order chi connectivity index (χ0) is 12.5. The molecule has 4 heteroatoms. The van der Waals surface area contributed by atoms with Crippen LogP contribution in [-0.2, 0) is 4.79 Å². The first-order valence-corrected chi connectivity index (χ1v) is 6.41. The Hall–Kier alpha value is -1.05. The van der Waals surface area contributed by atoms with Gasteiger partial charge in [0.1, 0.15) is 0 Å². The number of nitrogens with one attached hydrogen (secondary N) is 1. The standard InChI is InChI=1S/C13H23N3O/c1-2-3-4-9-16-10-5-6-12(11-16)13(17)15-8-7-14/h1,12H,3-11,14H2,(H,15,17). The van der Waals surface area contributed by atoms with Crippen molar-refractivity contribution in [1.82, 2.24) is 10.2 Å². The van der Waals surface area contributed by atoms with E-state index in [1.165, 1.54) is 0 Å². The summed E-state index contributed by atoms with van der Waals surface area (Å²) in [5.41, 5.74) is 5.37. The minimum absolute atomic E-state index is 0.126. The number of rotatable bonds is 6. The summed E-state index contributed by atoms with van der Waals surface area (Å²) < 4.78 is 0. The van der Waals surface area contributed by atoms with E-state index in [-0.39, 0.29) is 11.8 Å². The van der Waals surface area contributed by atoms with Gasteiger partial charge < -0.3 is 16.0 Å². The van der Waals surface area contributed by atoms with Gasteiger partial charge in [-0.1, -0.05) is 0 Å². The van der Waals surface area contributed by atoms with Gasteiger partial charge in [-0.3, -0.25) is 4.79 Å². The topological polar surface area (TPSA) is 58.4 Å². The molecule has 1 unspecified atom stereocenters. The van der Waals surface area contributed by atoms with Crippen LogP contribution in [0.3, 0.4) is 0 Å². The van der Waals surface area contributed by atoms with Crippen molar-refractivity contribution in [3.63, 3.8) is 0 Å². The maximum absolute atomic E-state index is 11.8. The molecule has 1 fully saturated rings. The summed E-state index contributed by atoms with van der Waals surface area (Å²) in [5, 5.41) is 2.87. The third kappa shape index (κ3) is 5.20. The fourth-order valence-electron chi connectivity index (χ4n) is 2.22. The lowest BCUT2D eigenvalue weighted by Gasteiger charge is -2.31. The van der Waals surface area contributed by atoms with E-state index in [9.17, 15) is 4.79 Å². The molecule has 1 saturated heterocycles. The van der Waals surface area contributed by atoms with E-state index in [0.29, 0.717) is 13.1 Å². The van der Waals surface area contributed by atoms with E-state index in [4.69, 9.17) is 12.2 Å². The van der Waals surface area contributed by atoms with Gasteiger partial charge in [-0.05, 0) is 32.4 Å². The smallest absolute Gasteiger partial charge is 0.224 e. The van der Waals surface area contributed by atoms with Gasteiger partial charge in [0.05, 0.1) is 5.92 Å². The van der Waals surface area contributed by atoms with Crippen LogP contribution in [0.4, 0.5) is 0 Å². The van der Waals surface area contributed by atoms with Gasteiger partial charge >= 0.3 is 0 Å². The van der Waals surface area contributed by atoms with Crippen molar-refractivity contribution in [2.24, 2.45) is 11.7 Å². The minimum atomic E-state index is 0.126.